The van der Waals surface area contributed by atoms with Crippen molar-refractivity contribution in [1.29, 1.82) is 0 Å². The third-order valence-corrected chi connectivity index (χ3v) is 3.91. The Morgan fingerprint density at radius 2 is 2.00 bits per heavy atom. The van der Waals surface area contributed by atoms with Crippen LogP contribution in [0.4, 0.5) is 8.78 Å². The molecule has 3 nitrogen and oxygen atoms in total. The second-order valence-electron chi connectivity index (χ2n) is 5.00. The zero-order valence-corrected chi connectivity index (χ0v) is 13.6. The molecule has 0 aliphatic rings. The molecule has 0 saturated heterocycles. The Kier molecular flexibility index (Phi) is 5.99. The molecule has 118 valence electrons. The van der Waals surface area contributed by atoms with E-state index in [2.05, 4.69) is 26.2 Å². The molecule has 22 heavy (non-hydrogen) atoms. The van der Waals surface area contributed by atoms with Crippen LogP contribution in [0.3, 0.4) is 0 Å². The number of halogens is 3. The Balaban J connectivity index is 2.10. The SMILES string of the molecule is CC(NC(CO)c1cccc(Br)c1)c1ccc(C(F)F)nc1. The van der Waals surface area contributed by atoms with Gasteiger partial charge >= 0.3 is 0 Å². The number of aliphatic hydroxyl groups is 1. The van der Waals surface area contributed by atoms with E-state index in [9.17, 15) is 13.9 Å². The van der Waals surface area contributed by atoms with Crippen molar-refractivity contribution in [2.24, 2.45) is 0 Å². The average molecular weight is 371 g/mol. The number of nitrogens with one attached hydrogen (secondary N) is 1. The molecular formula is C16H17BrF2N2O. The van der Waals surface area contributed by atoms with Gasteiger partial charge in [0.05, 0.1) is 12.6 Å². The zero-order chi connectivity index (χ0) is 16.1. The molecule has 0 aliphatic carbocycles. The predicted octanol–water partition coefficient (Wildman–Crippen LogP) is 4.17. The summed E-state index contributed by atoms with van der Waals surface area (Å²) in [6, 6.07) is 10.2. The van der Waals surface area contributed by atoms with Crippen LogP contribution < -0.4 is 5.32 Å². The predicted molar refractivity (Wildman–Crippen MR) is 84.7 cm³/mol. The molecule has 2 N–H and O–H groups in total. The summed E-state index contributed by atoms with van der Waals surface area (Å²) in [7, 11) is 0. The van der Waals surface area contributed by atoms with E-state index >= 15 is 0 Å². The Labute approximate surface area is 136 Å². The molecule has 0 amide bonds. The lowest BCUT2D eigenvalue weighted by molar-refractivity contribution is 0.146. The molecule has 2 atom stereocenters. The van der Waals surface area contributed by atoms with E-state index in [1.165, 1.54) is 12.3 Å². The van der Waals surface area contributed by atoms with Crippen LogP contribution in [0, 0.1) is 0 Å². The fourth-order valence-electron chi connectivity index (χ4n) is 2.18. The highest BCUT2D eigenvalue weighted by Gasteiger charge is 2.16. The van der Waals surface area contributed by atoms with Crippen molar-refractivity contribution in [3.8, 4) is 0 Å². The molecule has 1 aromatic carbocycles. The largest absolute Gasteiger partial charge is 0.394 e. The maximum absolute atomic E-state index is 12.5. The van der Waals surface area contributed by atoms with Gasteiger partial charge in [0.2, 0.25) is 0 Å². The van der Waals surface area contributed by atoms with Crippen LogP contribution in [0.25, 0.3) is 0 Å². The van der Waals surface area contributed by atoms with Crippen LogP contribution in [0.15, 0.2) is 47.1 Å². The first kappa shape index (κ1) is 17.0. The molecule has 1 aromatic heterocycles. The van der Waals surface area contributed by atoms with Crippen molar-refractivity contribution >= 4 is 15.9 Å². The van der Waals surface area contributed by atoms with Crippen molar-refractivity contribution in [2.45, 2.75) is 25.4 Å². The number of aromatic nitrogens is 1. The highest BCUT2D eigenvalue weighted by Crippen LogP contribution is 2.23. The molecule has 0 saturated carbocycles. The van der Waals surface area contributed by atoms with E-state index in [1.54, 1.807) is 6.07 Å². The number of aliphatic hydroxyl groups excluding tert-OH is 1. The Bertz CT molecular complexity index is 607. The summed E-state index contributed by atoms with van der Waals surface area (Å²) in [5, 5.41) is 12.9. The number of hydrogen-bond donors (Lipinski definition) is 2. The smallest absolute Gasteiger partial charge is 0.280 e. The highest BCUT2D eigenvalue weighted by molar-refractivity contribution is 9.10. The maximum Gasteiger partial charge on any atom is 0.280 e. The number of rotatable bonds is 6. The minimum atomic E-state index is -2.57. The second-order valence-corrected chi connectivity index (χ2v) is 5.91. The van der Waals surface area contributed by atoms with Gasteiger partial charge in [0.25, 0.3) is 6.43 Å². The lowest BCUT2D eigenvalue weighted by Gasteiger charge is -2.22. The number of pyridine rings is 1. The zero-order valence-electron chi connectivity index (χ0n) is 12.0. The molecule has 0 aliphatic heterocycles. The van der Waals surface area contributed by atoms with E-state index < -0.39 is 6.43 Å². The van der Waals surface area contributed by atoms with E-state index in [4.69, 9.17) is 0 Å². The molecule has 2 unspecified atom stereocenters. The van der Waals surface area contributed by atoms with Gasteiger partial charge in [0, 0.05) is 16.7 Å². The minimum absolute atomic E-state index is 0.0661. The Morgan fingerprint density at radius 1 is 1.23 bits per heavy atom. The van der Waals surface area contributed by atoms with E-state index in [0.717, 1.165) is 15.6 Å². The highest BCUT2D eigenvalue weighted by atomic mass is 79.9. The topological polar surface area (TPSA) is 45.1 Å². The summed E-state index contributed by atoms with van der Waals surface area (Å²) in [5.41, 5.74) is 1.50. The van der Waals surface area contributed by atoms with Gasteiger partial charge in [-0.2, -0.15) is 0 Å². The molecule has 0 radical (unpaired) electrons. The molecule has 2 aromatic rings. The van der Waals surface area contributed by atoms with Gasteiger partial charge in [0.15, 0.2) is 0 Å². The Hall–Kier alpha value is -1.37. The molecule has 6 heteroatoms. The maximum atomic E-state index is 12.5. The molecular weight excluding hydrogens is 354 g/mol. The molecule has 0 fully saturated rings. The molecule has 1 heterocycles. The van der Waals surface area contributed by atoms with Gasteiger partial charge < -0.3 is 10.4 Å². The van der Waals surface area contributed by atoms with Crippen LogP contribution in [-0.4, -0.2) is 16.7 Å². The van der Waals surface area contributed by atoms with Crippen molar-refractivity contribution in [1.82, 2.24) is 10.3 Å². The van der Waals surface area contributed by atoms with Crippen molar-refractivity contribution < 1.29 is 13.9 Å². The summed E-state index contributed by atoms with van der Waals surface area (Å²) in [6.45, 7) is 1.84. The molecule has 2 rings (SSSR count). The lowest BCUT2D eigenvalue weighted by atomic mass is 10.0. The van der Waals surface area contributed by atoms with Crippen LogP contribution in [0.5, 0.6) is 0 Å². The quantitative estimate of drug-likeness (QED) is 0.801. The lowest BCUT2D eigenvalue weighted by Crippen LogP contribution is -2.27. The number of benzene rings is 1. The van der Waals surface area contributed by atoms with E-state index in [1.807, 2.05) is 31.2 Å². The normalized spacial score (nSPS) is 14.1. The fourth-order valence-corrected chi connectivity index (χ4v) is 2.59. The van der Waals surface area contributed by atoms with Crippen LogP contribution in [-0.2, 0) is 0 Å². The number of alkyl halides is 2. The summed E-state index contributed by atoms with van der Waals surface area (Å²) in [5.74, 6) is 0. The van der Waals surface area contributed by atoms with Gasteiger partial charge in [-0.05, 0) is 36.2 Å². The van der Waals surface area contributed by atoms with E-state index in [-0.39, 0.29) is 24.4 Å². The molecule has 0 spiro atoms. The van der Waals surface area contributed by atoms with Crippen LogP contribution in [0.2, 0.25) is 0 Å². The standard InChI is InChI=1S/C16H17BrF2N2O/c1-10(12-5-6-14(16(18)19)20-8-12)21-15(9-22)11-3-2-4-13(17)7-11/h2-8,10,15-16,21-22H,9H2,1H3. The monoisotopic (exact) mass is 370 g/mol. The fraction of sp³-hybridized carbons (Fsp3) is 0.312. The first-order valence-electron chi connectivity index (χ1n) is 6.87. The second kappa shape index (κ2) is 7.76. The number of nitrogens with zero attached hydrogens (tertiary/aromatic N) is 1. The third kappa shape index (κ3) is 4.32. The summed E-state index contributed by atoms with van der Waals surface area (Å²) >= 11 is 3.40. The molecule has 0 bridgehead atoms. The van der Waals surface area contributed by atoms with Gasteiger partial charge in [-0.15, -0.1) is 0 Å². The van der Waals surface area contributed by atoms with Gasteiger partial charge in [-0.1, -0.05) is 34.1 Å². The first-order chi connectivity index (χ1) is 10.5. The average Bonchev–Trinajstić information content (AvgIpc) is 2.52. The minimum Gasteiger partial charge on any atom is -0.394 e. The first-order valence-corrected chi connectivity index (χ1v) is 7.67. The van der Waals surface area contributed by atoms with Crippen molar-refractivity contribution in [2.75, 3.05) is 6.61 Å². The number of hydrogen-bond acceptors (Lipinski definition) is 3. The summed E-state index contributed by atoms with van der Waals surface area (Å²) in [4.78, 5) is 3.76. The van der Waals surface area contributed by atoms with Gasteiger partial charge in [0.1, 0.15) is 5.69 Å². The van der Waals surface area contributed by atoms with Crippen LogP contribution >= 0.6 is 15.9 Å². The van der Waals surface area contributed by atoms with Gasteiger partial charge in [-0.3, -0.25) is 4.98 Å². The summed E-state index contributed by atoms with van der Waals surface area (Å²) in [6.07, 6.45) is -1.13. The third-order valence-electron chi connectivity index (χ3n) is 3.42. The van der Waals surface area contributed by atoms with Crippen molar-refractivity contribution in [3.05, 3.63) is 63.9 Å². The van der Waals surface area contributed by atoms with Gasteiger partial charge in [-0.25, -0.2) is 8.78 Å². The van der Waals surface area contributed by atoms with Crippen LogP contribution in [0.1, 0.15) is 42.3 Å². The Morgan fingerprint density at radius 3 is 2.55 bits per heavy atom. The van der Waals surface area contributed by atoms with E-state index in [0.29, 0.717) is 0 Å². The van der Waals surface area contributed by atoms with Crippen molar-refractivity contribution in [3.63, 3.8) is 0 Å². The summed E-state index contributed by atoms with van der Waals surface area (Å²) < 4.78 is 25.9.